The zero-order valence-electron chi connectivity index (χ0n) is 20.6. The third kappa shape index (κ3) is 5.01. The molecule has 35 heavy (non-hydrogen) atoms. The summed E-state index contributed by atoms with van der Waals surface area (Å²) in [7, 11) is 0. The molecule has 5 rings (SSSR count). The number of H-pyrrole nitrogens is 1. The summed E-state index contributed by atoms with van der Waals surface area (Å²) in [6.45, 7) is 6.49. The van der Waals surface area contributed by atoms with Crippen LogP contribution in [0, 0.1) is 19.8 Å². The van der Waals surface area contributed by atoms with Gasteiger partial charge in [-0.1, -0.05) is 18.6 Å². The monoisotopic (exact) mass is 475 g/mol. The van der Waals surface area contributed by atoms with Gasteiger partial charge in [-0.2, -0.15) is 0 Å². The second-order valence-electron chi connectivity index (χ2n) is 9.93. The fraction of sp³-hybridized carbons (Fsp3) is 0.481. The van der Waals surface area contributed by atoms with Gasteiger partial charge in [0.05, 0.1) is 17.7 Å². The van der Waals surface area contributed by atoms with Crippen molar-refractivity contribution in [3.63, 3.8) is 0 Å². The van der Waals surface area contributed by atoms with Crippen LogP contribution in [0.15, 0.2) is 24.5 Å². The first-order valence-corrected chi connectivity index (χ1v) is 12.6. The van der Waals surface area contributed by atoms with Gasteiger partial charge in [-0.25, -0.2) is 9.97 Å². The molecule has 2 atom stereocenters. The van der Waals surface area contributed by atoms with Gasteiger partial charge in [0.2, 0.25) is 5.91 Å². The number of aryl methyl sites for hydroxylation is 2. The van der Waals surface area contributed by atoms with E-state index in [1.165, 1.54) is 19.2 Å². The Labute approximate surface area is 205 Å². The molecule has 2 saturated carbocycles. The molecular weight excluding hydrogens is 442 g/mol. The van der Waals surface area contributed by atoms with Crippen molar-refractivity contribution >= 4 is 22.8 Å². The minimum atomic E-state index is -0.152. The predicted molar refractivity (Wildman–Crippen MR) is 134 cm³/mol. The molecule has 3 N–H and O–H groups in total. The Hall–Kier alpha value is -3.42. The number of nitrogens with zero attached hydrogens (tertiary/aromatic N) is 2. The first-order chi connectivity index (χ1) is 16.9. The summed E-state index contributed by atoms with van der Waals surface area (Å²) in [5, 5.41) is 6.19. The van der Waals surface area contributed by atoms with E-state index >= 15 is 0 Å². The third-order valence-electron chi connectivity index (χ3n) is 7.01. The van der Waals surface area contributed by atoms with Gasteiger partial charge in [-0.15, -0.1) is 0 Å². The molecule has 2 heterocycles. The maximum atomic E-state index is 13.3. The average Bonchev–Trinajstić information content (AvgIpc) is 3.47. The quantitative estimate of drug-likeness (QED) is 0.452. The number of fused-ring (bicyclic) bond motifs is 1. The largest absolute Gasteiger partial charge is 0.493 e. The molecule has 2 aliphatic rings. The number of amides is 2. The number of nitrogens with one attached hydrogen (secondary N) is 3. The summed E-state index contributed by atoms with van der Waals surface area (Å²) in [6, 6.07) is 6.25. The van der Waals surface area contributed by atoms with E-state index < -0.39 is 0 Å². The van der Waals surface area contributed by atoms with Gasteiger partial charge < -0.3 is 20.4 Å². The smallest absolute Gasteiger partial charge is 0.255 e. The second-order valence-corrected chi connectivity index (χ2v) is 9.93. The topological polar surface area (TPSA) is 109 Å². The molecule has 0 radical (unpaired) electrons. The van der Waals surface area contributed by atoms with Gasteiger partial charge in [-0.3, -0.25) is 9.59 Å². The Morgan fingerprint density at radius 2 is 1.86 bits per heavy atom. The predicted octanol–water partition coefficient (Wildman–Crippen LogP) is 4.21. The van der Waals surface area contributed by atoms with Gasteiger partial charge in [0.15, 0.2) is 0 Å². The Morgan fingerprint density at radius 3 is 2.60 bits per heavy atom. The molecule has 2 amide bonds. The number of ether oxygens (including phenoxy) is 1. The van der Waals surface area contributed by atoms with Crippen LogP contribution in [0.25, 0.3) is 22.3 Å². The molecule has 184 valence electrons. The molecule has 2 aromatic heterocycles. The van der Waals surface area contributed by atoms with Crippen LogP contribution in [0.2, 0.25) is 0 Å². The van der Waals surface area contributed by atoms with Crippen molar-refractivity contribution in [2.24, 2.45) is 5.92 Å². The molecular formula is C27H33N5O3. The van der Waals surface area contributed by atoms with Crippen LogP contribution < -0.4 is 15.4 Å². The molecule has 2 aliphatic carbocycles. The molecule has 2 fully saturated rings. The molecule has 0 spiro atoms. The van der Waals surface area contributed by atoms with Crippen molar-refractivity contribution in [2.75, 3.05) is 6.61 Å². The second kappa shape index (κ2) is 9.68. The fourth-order valence-electron chi connectivity index (χ4n) is 4.88. The fourth-order valence-corrected chi connectivity index (χ4v) is 4.88. The van der Waals surface area contributed by atoms with Crippen molar-refractivity contribution in [3.05, 3.63) is 41.3 Å². The molecule has 0 saturated heterocycles. The van der Waals surface area contributed by atoms with Crippen molar-refractivity contribution in [1.29, 1.82) is 0 Å². The minimum Gasteiger partial charge on any atom is -0.493 e. The number of benzene rings is 1. The lowest BCUT2D eigenvalue weighted by Crippen LogP contribution is -2.37. The summed E-state index contributed by atoms with van der Waals surface area (Å²) in [5.41, 5.74) is 5.37. The third-order valence-corrected chi connectivity index (χ3v) is 7.01. The Bertz CT molecular complexity index is 1260. The molecule has 0 unspecified atom stereocenters. The summed E-state index contributed by atoms with van der Waals surface area (Å²) in [5.74, 6) is 1.34. The lowest BCUT2D eigenvalue weighted by Gasteiger charge is -2.14. The van der Waals surface area contributed by atoms with E-state index in [4.69, 9.17) is 4.74 Å². The number of carbonyl (C=O) groups is 2. The van der Waals surface area contributed by atoms with Crippen molar-refractivity contribution < 1.29 is 14.3 Å². The van der Waals surface area contributed by atoms with Crippen LogP contribution in [0.5, 0.6) is 5.75 Å². The Balaban J connectivity index is 1.41. The zero-order chi connectivity index (χ0) is 24.5. The van der Waals surface area contributed by atoms with E-state index in [0.717, 1.165) is 53.0 Å². The van der Waals surface area contributed by atoms with Crippen molar-refractivity contribution in [1.82, 2.24) is 25.6 Å². The summed E-state index contributed by atoms with van der Waals surface area (Å²) < 4.78 is 6.15. The summed E-state index contributed by atoms with van der Waals surface area (Å²) in [4.78, 5) is 37.5. The van der Waals surface area contributed by atoms with Crippen LogP contribution in [0.1, 0.15) is 67.1 Å². The van der Waals surface area contributed by atoms with E-state index in [-0.39, 0.29) is 23.9 Å². The highest BCUT2D eigenvalue weighted by molar-refractivity contribution is 6.09. The van der Waals surface area contributed by atoms with Crippen LogP contribution in [0.3, 0.4) is 0 Å². The van der Waals surface area contributed by atoms with Gasteiger partial charge in [0.1, 0.15) is 23.3 Å². The highest BCUT2D eigenvalue weighted by atomic mass is 16.5. The summed E-state index contributed by atoms with van der Waals surface area (Å²) >= 11 is 0. The van der Waals surface area contributed by atoms with E-state index in [1.54, 1.807) is 0 Å². The highest BCUT2D eigenvalue weighted by Crippen LogP contribution is 2.37. The minimum absolute atomic E-state index is 0.0227. The van der Waals surface area contributed by atoms with Crippen LogP contribution in [-0.2, 0) is 4.79 Å². The molecule has 3 aromatic rings. The number of hydrogen-bond donors (Lipinski definition) is 3. The number of rotatable bonds is 8. The summed E-state index contributed by atoms with van der Waals surface area (Å²) in [6.07, 6.45) is 6.88. The molecule has 0 aliphatic heterocycles. The molecule has 8 nitrogen and oxygen atoms in total. The van der Waals surface area contributed by atoms with Gasteiger partial charge in [0.25, 0.3) is 5.91 Å². The maximum Gasteiger partial charge on any atom is 0.255 e. The lowest BCUT2D eigenvalue weighted by molar-refractivity contribution is -0.121. The zero-order valence-corrected chi connectivity index (χ0v) is 20.6. The number of carbonyl (C=O) groups excluding carboxylic acids is 2. The van der Waals surface area contributed by atoms with Gasteiger partial charge in [-0.05, 0) is 64.0 Å². The number of aromatic amines is 1. The maximum absolute atomic E-state index is 13.3. The van der Waals surface area contributed by atoms with Gasteiger partial charge >= 0.3 is 0 Å². The number of aromatic nitrogens is 3. The Kier molecular flexibility index (Phi) is 6.45. The molecule has 0 bridgehead atoms. The van der Waals surface area contributed by atoms with Crippen LogP contribution in [0.4, 0.5) is 0 Å². The number of hydrogen-bond acceptors (Lipinski definition) is 5. The molecule has 1 aromatic carbocycles. The van der Waals surface area contributed by atoms with Crippen molar-refractivity contribution in [3.8, 4) is 17.0 Å². The SMILES string of the molecule is CCC(=O)N[C@H]1CC[C@H](NC(=O)c2c(C)[nH]c3c(-c4cc(C)ccc4OCC4CC4)ncnc23)C1. The van der Waals surface area contributed by atoms with E-state index in [2.05, 4.69) is 31.7 Å². The van der Waals surface area contributed by atoms with E-state index in [9.17, 15) is 9.59 Å². The van der Waals surface area contributed by atoms with Gasteiger partial charge in [0, 0.05) is 29.8 Å². The van der Waals surface area contributed by atoms with Crippen LogP contribution in [-0.4, -0.2) is 45.5 Å². The standard InChI is InChI=1S/C27H33N5O3/c1-4-22(33)31-18-8-9-19(12-18)32-27(34)23-16(3)30-26-24(28-14-29-25(23)26)20-11-15(2)5-10-21(20)35-13-17-6-7-17/h5,10-11,14,17-19,30H,4,6-9,12-13H2,1-3H3,(H,31,33)(H,32,34)/t18-,19-/m0/s1. The lowest BCUT2D eigenvalue weighted by atomic mass is 10.1. The van der Waals surface area contributed by atoms with E-state index in [1.807, 2.05) is 32.9 Å². The average molecular weight is 476 g/mol. The normalized spacial score (nSPS) is 19.6. The Morgan fingerprint density at radius 1 is 1.09 bits per heavy atom. The van der Waals surface area contributed by atoms with Crippen molar-refractivity contribution in [2.45, 2.75) is 71.4 Å². The molecule has 8 heteroatoms. The first-order valence-electron chi connectivity index (χ1n) is 12.6. The van der Waals surface area contributed by atoms with Crippen LogP contribution >= 0.6 is 0 Å². The first kappa shape index (κ1) is 23.3. The highest BCUT2D eigenvalue weighted by Gasteiger charge is 2.29. The van der Waals surface area contributed by atoms with E-state index in [0.29, 0.717) is 30.0 Å².